The molecule has 1 aromatic rings. The molecule has 1 aromatic carbocycles. The second-order valence-corrected chi connectivity index (χ2v) is 4.76. The van der Waals surface area contributed by atoms with Crippen molar-refractivity contribution in [3.05, 3.63) is 24.3 Å². The zero-order valence-electron chi connectivity index (χ0n) is 11.7. The minimum absolute atomic E-state index is 0.00445. The van der Waals surface area contributed by atoms with Gasteiger partial charge in [0.1, 0.15) is 11.5 Å². The molecule has 1 fully saturated rings. The Morgan fingerprint density at radius 3 is 2.55 bits per heavy atom. The van der Waals surface area contributed by atoms with Crippen LogP contribution in [0.25, 0.3) is 0 Å². The first kappa shape index (κ1) is 14.7. The van der Waals surface area contributed by atoms with E-state index in [0.717, 1.165) is 18.6 Å². The van der Waals surface area contributed by atoms with Crippen molar-refractivity contribution in [1.82, 2.24) is 4.90 Å². The summed E-state index contributed by atoms with van der Waals surface area (Å²) in [6.45, 7) is 3.28. The molecule has 2 rings (SSSR count). The lowest BCUT2D eigenvalue weighted by atomic mass is 10.2. The molecule has 0 radical (unpaired) electrons. The second-order valence-electron chi connectivity index (χ2n) is 4.76. The normalized spacial score (nSPS) is 18.1. The molecule has 0 aliphatic carbocycles. The molecular formula is C15H21NO4. The first-order chi connectivity index (χ1) is 9.74. The highest BCUT2D eigenvalue weighted by Crippen LogP contribution is 2.19. The molecule has 0 aromatic heterocycles. The van der Waals surface area contributed by atoms with Crippen LogP contribution in [-0.2, 0) is 4.79 Å². The Balaban J connectivity index is 1.83. The molecule has 0 spiro atoms. The third-order valence-electron chi connectivity index (χ3n) is 3.41. The smallest absolute Gasteiger partial charge is 0.260 e. The molecule has 1 aliphatic rings. The number of benzene rings is 1. The first-order valence-corrected chi connectivity index (χ1v) is 7.00. The van der Waals surface area contributed by atoms with Gasteiger partial charge in [-0.15, -0.1) is 0 Å². The highest BCUT2D eigenvalue weighted by atomic mass is 16.5. The van der Waals surface area contributed by atoms with E-state index in [1.165, 1.54) is 0 Å². The van der Waals surface area contributed by atoms with Crippen LogP contribution < -0.4 is 9.47 Å². The maximum atomic E-state index is 12.0. The number of likely N-dealkylation sites (tertiary alicyclic amines) is 1. The monoisotopic (exact) mass is 279 g/mol. The lowest BCUT2D eigenvalue weighted by molar-refractivity contribution is -0.134. The van der Waals surface area contributed by atoms with Crippen LogP contribution in [0, 0.1) is 0 Å². The molecule has 1 N–H and O–H groups in total. The van der Waals surface area contributed by atoms with E-state index in [1.807, 2.05) is 19.1 Å². The van der Waals surface area contributed by atoms with Gasteiger partial charge in [-0.2, -0.15) is 0 Å². The Bertz CT molecular complexity index is 432. The van der Waals surface area contributed by atoms with E-state index in [4.69, 9.17) is 9.47 Å². The van der Waals surface area contributed by atoms with Crippen molar-refractivity contribution in [3.8, 4) is 11.5 Å². The molecule has 1 atom stereocenters. The molecule has 0 saturated carbocycles. The predicted molar refractivity (Wildman–Crippen MR) is 74.9 cm³/mol. The number of carbonyl (C=O) groups is 1. The summed E-state index contributed by atoms with van der Waals surface area (Å²) in [7, 11) is 0. The number of ether oxygens (including phenoxy) is 2. The van der Waals surface area contributed by atoms with E-state index in [1.54, 1.807) is 17.0 Å². The maximum absolute atomic E-state index is 12.0. The topological polar surface area (TPSA) is 59.0 Å². The highest BCUT2D eigenvalue weighted by molar-refractivity contribution is 5.78. The third-order valence-corrected chi connectivity index (χ3v) is 3.41. The summed E-state index contributed by atoms with van der Waals surface area (Å²) in [6.07, 6.45) is 1.81. The Morgan fingerprint density at radius 1 is 1.30 bits per heavy atom. The van der Waals surface area contributed by atoms with Gasteiger partial charge >= 0.3 is 0 Å². The summed E-state index contributed by atoms with van der Waals surface area (Å²) in [5.74, 6) is 1.35. The molecule has 20 heavy (non-hydrogen) atoms. The highest BCUT2D eigenvalue weighted by Gasteiger charge is 2.28. The number of hydrogen-bond donors (Lipinski definition) is 1. The van der Waals surface area contributed by atoms with E-state index in [2.05, 4.69) is 0 Å². The van der Waals surface area contributed by atoms with Crippen LogP contribution in [0.15, 0.2) is 24.3 Å². The van der Waals surface area contributed by atoms with Crippen molar-refractivity contribution in [3.63, 3.8) is 0 Å². The van der Waals surface area contributed by atoms with Crippen LogP contribution in [0.5, 0.6) is 11.5 Å². The number of amides is 1. The van der Waals surface area contributed by atoms with Gasteiger partial charge in [0, 0.05) is 6.54 Å². The second kappa shape index (κ2) is 7.14. The Labute approximate surface area is 119 Å². The minimum atomic E-state index is -0.0737. The van der Waals surface area contributed by atoms with Crippen molar-refractivity contribution >= 4 is 5.91 Å². The van der Waals surface area contributed by atoms with Crippen molar-refractivity contribution in [2.75, 3.05) is 26.4 Å². The van der Waals surface area contributed by atoms with Gasteiger partial charge in [0.05, 0.1) is 19.3 Å². The molecule has 0 unspecified atom stereocenters. The molecule has 1 amide bonds. The van der Waals surface area contributed by atoms with Gasteiger partial charge in [-0.1, -0.05) is 0 Å². The molecule has 1 aliphatic heterocycles. The summed E-state index contributed by atoms with van der Waals surface area (Å²) in [5.41, 5.74) is 0. The number of aliphatic hydroxyl groups is 1. The van der Waals surface area contributed by atoms with Crippen LogP contribution in [-0.4, -0.2) is 48.3 Å². The summed E-state index contributed by atoms with van der Waals surface area (Å²) in [4.78, 5) is 13.7. The lowest BCUT2D eigenvalue weighted by Crippen LogP contribution is -2.40. The average molecular weight is 279 g/mol. The van der Waals surface area contributed by atoms with Gasteiger partial charge in [-0.25, -0.2) is 0 Å². The maximum Gasteiger partial charge on any atom is 0.260 e. The average Bonchev–Trinajstić information content (AvgIpc) is 2.95. The quantitative estimate of drug-likeness (QED) is 0.856. The molecule has 1 heterocycles. The minimum Gasteiger partial charge on any atom is -0.494 e. The van der Waals surface area contributed by atoms with E-state index < -0.39 is 0 Å². The van der Waals surface area contributed by atoms with E-state index >= 15 is 0 Å². The Kier molecular flexibility index (Phi) is 5.24. The molecule has 5 heteroatoms. The fourth-order valence-corrected chi connectivity index (χ4v) is 2.38. The van der Waals surface area contributed by atoms with Crippen molar-refractivity contribution in [2.24, 2.45) is 0 Å². The van der Waals surface area contributed by atoms with Gasteiger partial charge < -0.3 is 19.5 Å². The Morgan fingerprint density at radius 2 is 1.95 bits per heavy atom. The first-order valence-electron chi connectivity index (χ1n) is 7.00. The number of nitrogens with zero attached hydrogens (tertiary/aromatic N) is 1. The van der Waals surface area contributed by atoms with Crippen LogP contribution in [0.4, 0.5) is 0 Å². The van der Waals surface area contributed by atoms with E-state index in [0.29, 0.717) is 18.9 Å². The largest absolute Gasteiger partial charge is 0.494 e. The van der Waals surface area contributed by atoms with Crippen molar-refractivity contribution in [1.29, 1.82) is 0 Å². The van der Waals surface area contributed by atoms with Crippen molar-refractivity contribution in [2.45, 2.75) is 25.8 Å². The predicted octanol–water partition coefficient (Wildman–Crippen LogP) is 1.45. The van der Waals surface area contributed by atoms with Crippen LogP contribution >= 0.6 is 0 Å². The zero-order chi connectivity index (χ0) is 14.4. The van der Waals surface area contributed by atoms with E-state index in [9.17, 15) is 9.90 Å². The number of aliphatic hydroxyl groups excluding tert-OH is 1. The van der Waals surface area contributed by atoms with Gasteiger partial charge in [-0.05, 0) is 44.0 Å². The molecular weight excluding hydrogens is 258 g/mol. The molecule has 1 saturated heterocycles. The summed E-state index contributed by atoms with van der Waals surface area (Å²) in [6, 6.07) is 7.15. The fraction of sp³-hybridized carbons (Fsp3) is 0.533. The molecule has 5 nitrogen and oxygen atoms in total. The van der Waals surface area contributed by atoms with Gasteiger partial charge in [0.2, 0.25) is 0 Å². The number of carbonyl (C=O) groups excluding carboxylic acids is 1. The fourth-order valence-electron chi connectivity index (χ4n) is 2.38. The Hall–Kier alpha value is -1.75. The van der Waals surface area contributed by atoms with Crippen LogP contribution in [0.1, 0.15) is 19.8 Å². The van der Waals surface area contributed by atoms with Gasteiger partial charge in [0.15, 0.2) is 6.61 Å². The van der Waals surface area contributed by atoms with Gasteiger partial charge in [-0.3, -0.25) is 4.79 Å². The molecule has 110 valence electrons. The number of hydrogen-bond acceptors (Lipinski definition) is 4. The lowest BCUT2D eigenvalue weighted by Gasteiger charge is -2.22. The number of rotatable bonds is 6. The third kappa shape index (κ3) is 3.63. The van der Waals surface area contributed by atoms with Crippen LogP contribution in [0.3, 0.4) is 0 Å². The summed E-state index contributed by atoms with van der Waals surface area (Å²) in [5, 5.41) is 9.20. The van der Waals surface area contributed by atoms with Crippen LogP contribution in [0.2, 0.25) is 0 Å². The zero-order valence-corrected chi connectivity index (χ0v) is 11.7. The molecule has 0 bridgehead atoms. The summed E-state index contributed by atoms with van der Waals surface area (Å²) >= 11 is 0. The SMILES string of the molecule is CCOc1ccc(OCC(=O)N2CCC[C@H]2CO)cc1. The van der Waals surface area contributed by atoms with Gasteiger partial charge in [0.25, 0.3) is 5.91 Å². The van der Waals surface area contributed by atoms with E-state index in [-0.39, 0.29) is 25.2 Å². The standard InChI is InChI=1S/C15H21NO4/c1-2-19-13-5-7-14(8-6-13)20-11-15(18)16-9-3-4-12(16)10-17/h5-8,12,17H,2-4,9-11H2,1H3/t12-/m0/s1. The van der Waals surface area contributed by atoms with Crippen molar-refractivity contribution < 1.29 is 19.4 Å². The summed E-state index contributed by atoms with van der Waals surface area (Å²) < 4.78 is 10.8.